The number of aromatic nitrogens is 2. The van der Waals surface area contributed by atoms with Crippen molar-refractivity contribution in [2.24, 2.45) is 0 Å². The molecular formula is C20H28ClN3O. The highest BCUT2D eigenvalue weighted by atomic mass is 35.5. The Bertz CT molecular complexity index is 681. The first-order valence-electron chi connectivity index (χ1n) is 9.09. The van der Waals surface area contributed by atoms with Crippen LogP contribution in [-0.2, 0) is 4.79 Å². The van der Waals surface area contributed by atoms with Gasteiger partial charge in [0, 0.05) is 6.20 Å². The standard InChI is InChI=1S/C20H28ClN3O/c1-5-14(4)15-8-10-16(11-9-15)18(6-2)23-20(25)19(7-3)24-13-17(21)12-22-24/h8-14,18-19H,5-7H2,1-4H3,(H,23,25). The molecule has 2 aromatic rings. The molecule has 1 amide bonds. The molecule has 25 heavy (non-hydrogen) atoms. The average Bonchev–Trinajstić information content (AvgIpc) is 3.05. The second kappa shape index (κ2) is 9.04. The molecule has 0 bridgehead atoms. The topological polar surface area (TPSA) is 46.9 Å². The Morgan fingerprint density at radius 3 is 2.24 bits per heavy atom. The van der Waals surface area contributed by atoms with Crippen LogP contribution in [0.15, 0.2) is 36.7 Å². The number of hydrogen-bond donors (Lipinski definition) is 1. The van der Waals surface area contributed by atoms with Gasteiger partial charge in [-0.05, 0) is 36.3 Å². The number of benzene rings is 1. The van der Waals surface area contributed by atoms with E-state index in [1.807, 2.05) is 6.92 Å². The third-order valence-corrected chi connectivity index (χ3v) is 5.02. The Hall–Kier alpha value is -1.81. The molecule has 0 saturated carbocycles. The van der Waals surface area contributed by atoms with Crippen LogP contribution in [-0.4, -0.2) is 15.7 Å². The predicted molar refractivity (Wildman–Crippen MR) is 103 cm³/mol. The summed E-state index contributed by atoms with van der Waals surface area (Å²) in [5.41, 5.74) is 2.47. The molecular weight excluding hydrogens is 334 g/mol. The Labute approximate surface area is 155 Å². The second-order valence-corrected chi connectivity index (χ2v) is 6.94. The zero-order chi connectivity index (χ0) is 18.4. The third-order valence-electron chi connectivity index (χ3n) is 4.82. The highest BCUT2D eigenvalue weighted by Gasteiger charge is 2.22. The molecule has 0 spiro atoms. The molecule has 136 valence electrons. The summed E-state index contributed by atoms with van der Waals surface area (Å²) in [5.74, 6) is 0.526. The molecule has 0 aliphatic carbocycles. The summed E-state index contributed by atoms with van der Waals surface area (Å²) >= 11 is 5.93. The van der Waals surface area contributed by atoms with Gasteiger partial charge in [-0.25, -0.2) is 0 Å². The number of nitrogens with one attached hydrogen (secondary N) is 1. The molecule has 5 heteroatoms. The molecule has 1 N–H and O–H groups in total. The SMILES string of the molecule is CCC(C)c1ccc(C(CC)NC(=O)C(CC)n2cc(Cl)cn2)cc1. The molecule has 1 aromatic carbocycles. The molecule has 0 radical (unpaired) electrons. The Morgan fingerprint density at radius 2 is 1.76 bits per heavy atom. The van der Waals surface area contributed by atoms with Crippen molar-refractivity contribution in [2.45, 2.75) is 65.0 Å². The van der Waals surface area contributed by atoms with Crippen molar-refractivity contribution in [1.29, 1.82) is 0 Å². The molecule has 3 atom stereocenters. The minimum absolute atomic E-state index is 0.00133. The zero-order valence-corrected chi connectivity index (χ0v) is 16.3. The molecule has 4 nitrogen and oxygen atoms in total. The lowest BCUT2D eigenvalue weighted by molar-refractivity contribution is -0.125. The number of amides is 1. The van der Waals surface area contributed by atoms with Gasteiger partial charge in [-0.3, -0.25) is 9.48 Å². The van der Waals surface area contributed by atoms with E-state index in [0.29, 0.717) is 17.4 Å². The maximum Gasteiger partial charge on any atom is 0.245 e. The van der Waals surface area contributed by atoms with Crippen LogP contribution in [0.25, 0.3) is 0 Å². The summed E-state index contributed by atoms with van der Waals surface area (Å²) in [7, 11) is 0. The van der Waals surface area contributed by atoms with Gasteiger partial charge >= 0.3 is 0 Å². The zero-order valence-electron chi connectivity index (χ0n) is 15.5. The van der Waals surface area contributed by atoms with Crippen LogP contribution in [0.3, 0.4) is 0 Å². The number of rotatable bonds is 8. The summed E-state index contributed by atoms with van der Waals surface area (Å²) in [5, 5.41) is 7.88. The van der Waals surface area contributed by atoms with Crippen molar-refractivity contribution in [3.8, 4) is 0 Å². The van der Waals surface area contributed by atoms with Gasteiger partial charge in [-0.1, -0.05) is 63.6 Å². The van der Waals surface area contributed by atoms with Crippen LogP contribution >= 0.6 is 11.6 Å². The van der Waals surface area contributed by atoms with Gasteiger partial charge in [0.2, 0.25) is 5.91 Å². The minimum atomic E-state index is -0.346. The van der Waals surface area contributed by atoms with Gasteiger partial charge in [-0.15, -0.1) is 0 Å². The van der Waals surface area contributed by atoms with E-state index in [9.17, 15) is 4.79 Å². The van der Waals surface area contributed by atoms with Gasteiger partial charge in [0.05, 0.1) is 17.3 Å². The summed E-state index contributed by atoms with van der Waals surface area (Å²) in [6.07, 6.45) is 5.87. The van der Waals surface area contributed by atoms with Crippen molar-refractivity contribution in [2.75, 3.05) is 0 Å². The van der Waals surface area contributed by atoms with Gasteiger partial charge in [0.25, 0.3) is 0 Å². The van der Waals surface area contributed by atoms with Gasteiger partial charge in [-0.2, -0.15) is 5.10 Å². The maximum atomic E-state index is 12.7. The summed E-state index contributed by atoms with van der Waals surface area (Å²) in [4.78, 5) is 12.7. The van der Waals surface area contributed by atoms with Crippen LogP contribution in [0, 0.1) is 0 Å². The average molecular weight is 362 g/mol. The van der Waals surface area contributed by atoms with Crippen LogP contribution in [0.5, 0.6) is 0 Å². The normalized spacial score (nSPS) is 14.8. The van der Waals surface area contributed by atoms with E-state index < -0.39 is 0 Å². The first-order chi connectivity index (χ1) is 12.0. The fourth-order valence-electron chi connectivity index (χ4n) is 2.96. The van der Waals surface area contributed by atoms with E-state index in [-0.39, 0.29) is 18.0 Å². The van der Waals surface area contributed by atoms with E-state index in [0.717, 1.165) is 18.4 Å². The highest BCUT2D eigenvalue weighted by Crippen LogP contribution is 2.24. The van der Waals surface area contributed by atoms with E-state index in [4.69, 9.17) is 11.6 Å². The molecule has 0 fully saturated rings. The molecule has 1 heterocycles. The lowest BCUT2D eigenvalue weighted by Gasteiger charge is -2.22. The van der Waals surface area contributed by atoms with Crippen LogP contribution in [0.2, 0.25) is 5.02 Å². The Balaban J connectivity index is 2.11. The summed E-state index contributed by atoms with van der Waals surface area (Å²) in [6.45, 7) is 8.48. The largest absolute Gasteiger partial charge is 0.347 e. The van der Waals surface area contributed by atoms with E-state index in [1.165, 1.54) is 5.56 Å². The van der Waals surface area contributed by atoms with Gasteiger partial charge in [0.15, 0.2) is 0 Å². The lowest BCUT2D eigenvalue weighted by atomic mass is 9.95. The minimum Gasteiger partial charge on any atom is -0.347 e. The van der Waals surface area contributed by atoms with E-state index in [2.05, 4.69) is 55.5 Å². The highest BCUT2D eigenvalue weighted by molar-refractivity contribution is 6.30. The maximum absolute atomic E-state index is 12.7. The van der Waals surface area contributed by atoms with Crippen molar-refractivity contribution in [3.63, 3.8) is 0 Å². The smallest absolute Gasteiger partial charge is 0.245 e. The number of nitrogens with zero attached hydrogens (tertiary/aromatic N) is 2. The number of carbonyl (C=O) groups is 1. The van der Waals surface area contributed by atoms with E-state index in [1.54, 1.807) is 17.1 Å². The van der Waals surface area contributed by atoms with E-state index >= 15 is 0 Å². The fraction of sp³-hybridized carbons (Fsp3) is 0.500. The summed E-state index contributed by atoms with van der Waals surface area (Å²) in [6, 6.07) is 8.24. The molecule has 1 aromatic heterocycles. The monoisotopic (exact) mass is 361 g/mol. The van der Waals surface area contributed by atoms with Crippen LogP contribution in [0.4, 0.5) is 0 Å². The molecule has 3 unspecified atom stereocenters. The molecule has 0 aliphatic heterocycles. The number of carbonyl (C=O) groups excluding carboxylic acids is 1. The Morgan fingerprint density at radius 1 is 1.12 bits per heavy atom. The lowest BCUT2D eigenvalue weighted by Crippen LogP contribution is -2.35. The first kappa shape index (κ1) is 19.5. The van der Waals surface area contributed by atoms with Crippen molar-refractivity contribution in [3.05, 3.63) is 52.8 Å². The first-order valence-corrected chi connectivity index (χ1v) is 9.47. The molecule has 0 saturated heterocycles. The van der Waals surface area contributed by atoms with Gasteiger partial charge in [0.1, 0.15) is 6.04 Å². The number of halogens is 1. The Kier molecular flexibility index (Phi) is 7.06. The molecule has 0 aliphatic rings. The van der Waals surface area contributed by atoms with Crippen LogP contribution < -0.4 is 5.32 Å². The van der Waals surface area contributed by atoms with Gasteiger partial charge < -0.3 is 5.32 Å². The third kappa shape index (κ3) is 4.85. The van der Waals surface area contributed by atoms with Crippen molar-refractivity contribution < 1.29 is 4.79 Å². The van der Waals surface area contributed by atoms with Crippen LogP contribution in [0.1, 0.15) is 76.1 Å². The quantitative estimate of drug-likeness (QED) is 0.696. The van der Waals surface area contributed by atoms with Crippen molar-refractivity contribution >= 4 is 17.5 Å². The summed E-state index contributed by atoms with van der Waals surface area (Å²) < 4.78 is 1.64. The molecule has 2 rings (SSSR count). The second-order valence-electron chi connectivity index (χ2n) is 6.51. The fourth-order valence-corrected chi connectivity index (χ4v) is 3.10. The predicted octanol–water partition coefficient (Wildman–Crippen LogP) is 5.27. The number of hydrogen-bond acceptors (Lipinski definition) is 2. The van der Waals surface area contributed by atoms with Crippen molar-refractivity contribution in [1.82, 2.24) is 15.1 Å².